The minimum absolute atomic E-state index is 0.497. The van der Waals surface area contributed by atoms with Crippen molar-refractivity contribution in [3.63, 3.8) is 0 Å². The minimum atomic E-state index is 0.497. The molecule has 0 aromatic carbocycles. The number of hydrogen-bond donors (Lipinski definition) is 1. The Labute approximate surface area is 101 Å². The lowest BCUT2D eigenvalue weighted by atomic mass is 10.1. The Kier molecular flexibility index (Phi) is 14.8. The van der Waals surface area contributed by atoms with Crippen LogP contribution in [0.3, 0.4) is 0 Å². The standard InChI is InChI=1S/C14H30O2/c1-2-3-4-5-6-7-8-9-10-11-12-13-14-16-15/h15H,2-14H2,1H3. The Morgan fingerprint density at radius 2 is 1.00 bits per heavy atom. The van der Waals surface area contributed by atoms with Crippen LogP contribution in [0.15, 0.2) is 0 Å². The van der Waals surface area contributed by atoms with E-state index in [2.05, 4.69) is 11.8 Å². The van der Waals surface area contributed by atoms with Crippen molar-refractivity contribution in [1.82, 2.24) is 0 Å². The van der Waals surface area contributed by atoms with E-state index in [1.54, 1.807) is 0 Å². The van der Waals surface area contributed by atoms with Crippen LogP contribution in [-0.2, 0) is 4.89 Å². The maximum atomic E-state index is 8.13. The minimum Gasteiger partial charge on any atom is -0.252 e. The van der Waals surface area contributed by atoms with E-state index < -0.39 is 0 Å². The molecule has 0 rings (SSSR count). The van der Waals surface area contributed by atoms with Crippen LogP contribution in [0.1, 0.15) is 84.0 Å². The molecule has 0 atom stereocenters. The average Bonchev–Trinajstić information content (AvgIpc) is 2.31. The van der Waals surface area contributed by atoms with Gasteiger partial charge < -0.3 is 0 Å². The summed E-state index contributed by atoms with van der Waals surface area (Å²) in [5.74, 6) is 0. The van der Waals surface area contributed by atoms with E-state index >= 15 is 0 Å². The summed E-state index contributed by atoms with van der Waals surface area (Å²) < 4.78 is 0. The van der Waals surface area contributed by atoms with Gasteiger partial charge >= 0.3 is 0 Å². The molecule has 0 saturated carbocycles. The monoisotopic (exact) mass is 230 g/mol. The van der Waals surface area contributed by atoms with Gasteiger partial charge in [0.25, 0.3) is 0 Å². The molecule has 0 aromatic rings. The second-order valence-electron chi connectivity index (χ2n) is 4.72. The smallest absolute Gasteiger partial charge is 0.0819 e. The maximum Gasteiger partial charge on any atom is 0.0819 e. The Morgan fingerprint density at radius 3 is 1.38 bits per heavy atom. The van der Waals surface area contributed by atoms with Crippen molar-refractivity contribution < 1.29 is 10.1 Å². The molecule has 0 bridgehead atoms. The molecule has 0 heterocycles. The molecular weight excluding hydrogens is 200 g/mol. The van der Waals surface area contributed by atoms with Gasteiger partial charge in [0.05, 0.1) is 6.61 Å². The molecule has 0 radical (unpaired) electrons. The zero-order chi connectivity index (χ0) is 11.9. The van der Waals surface area contributed by atoms with Crippen LogP contribution in [0.25, 0.3) is 0 Å². The quantitative estimate of drug-likeness (QED) is 0.268. The van der Waals surface area contributed by atoms with E-state index in [1.165, 1.54) is 70.6 Å². The SMILES string of the molecule is CCCCCCCCCCCCCCOO. The third-order valence-corrected chi connectivity index (χ3v) is 3.09. The lowest BCUT2D eigenvalue weighted by molar-refractivity contribution is -0.242. The molecule has 0 aliphatic carbocycles. The number of rotatable bonds is 13. The van der Waals surface area contributed by atoms with Gasteiger partial charge in [0.2, 0.25) is 0 Å². The predicted molar refractivity (Wildman–Crippen MR) is 69.7 cm³/mol. The summed E-state index contributed by atoms with van der Waals surface area (Å²) in [5, 5.41) is 8.13. The number of unbranched alkanes of at least 4 members (excludes halogenated alkanes) is 11. The Hall–Kier alpha value is -0.0800. The molecule has 98 valence electrons. The highest BCUT2D eigenvalue weighted by Crippen LogP contribution is 2.11. The van der Waals surface area contributed by atoms with Crippen molar-refractivity contribution >= 4 is 0 Å². The first-order valence-corrected chi connectivity index (χ1v) is 7.18. The highest BCUT2D eigenvalue weighted by molar-refractivity contribution is 4.48. The lowest BCUT2D eigenvalue weighted by Crippen LogP contribution is -1.88. The maximum absolute atomic E-state index is 8.13. The zero-order valence-electron chi connectivity index (χ0n) is 11.0. The van der Waals surface area contributed by atoms with Crippen molar-refractivity contribution in [2.24, 2.45) is 0 Å². The van der Waals surface area contributed by atoms with Gasteiger partial charge in [-0.05, 0) is 6.42 Å². The summed E-state index contributed by atoms with van der Waals surface area (Å²) in [6.45, 7) is 2.76. The molecule has 1 N–H and O–H groups in total. The fourth-order valence-electron chi connectivity index (χ4n) is 2.01. The number of hydrogen-bond acceptors (Lipinski definition) is 2. The summed E-state index contributed by atoms with van der Waals surface area (Å²) >= 11 is 0. The van der Waals surface area contributed by atoms with Gasteiger partial charge in [-0.25, -0.2) is 4.89 Å². The fraction of sp³-hybridized carbons (Fsp3) is 1.00. The molecule has 0 saturated heterocycles. The molecular formula is C14H30O2. The zero-order valence-corrected chi connectivity index (χ0v) is 11.0. The highest BCUT2D eigenvalue weighted by Gasteiger charge is 1.93. The van der Waals surface area contributed by atoms with Gasteiger partial charge in [-0.15, -0.1) is 0 Å². The Bertz CT molecular complexity index is 101. The molecule has 0 aliphatic rings. The molecule has 2 nitrogen and oxygen atoms in total. The third kappa shape index (κ3) is 13.9. The van der Waals surface area contributed by atoms with Gasteiger partial charge in [0, 0.05) is 0 Å². The van der Waals surface area contributed by atoms with Gasteiger partial charge in [-0.1, -0.05) is 77.6 Å². The summed E-state index contributed by atoms with van der Waals surface area (Å²) in [6, 6.07) is 0. The summed E-state index contributed by atoms with van der Waals surface area (Å²) in [4.78, 5) is 4.03. The van der Waals surface area contributed by atoms with Crippen molar-refractivity contribution in [2.45, 2.75) is 84.0 Å². The fourth-order valence-corrected chi connectivity index (χ4v) is 2.01. The van der Waals surface area contributed by atoms with Crippen LogP contribution in [0.4, 0.5) is 0 Å². The van der Waals surface area contributed by atoms with Gasteiger partial charge in [0.15, 0.2) is 0 Å². The molecule has 0 fully saturated rings. The second-order valence-corrected chi connectivity index (χ2v) is 4.72. The largest absolute Gasteiger partial charge is 0.252 e. The normalized spacial score (nSPS) is 10.9. The van der Waals surface area contributed by atoms with Crippen molar-refractivity contribution in [2.75, 3.05) is 6.61 Å². The first kappa shape index (κ1) is 15.9. The highest BCUT2D eigenvalue weighted by atomic mass is 17.1. The topological polar surface area (TPSA) is 29.5 Å². The summed E-state index contributed by atoms with van der Waals surface area (Å²) in [7, 11) is 0. The van der Waals surface area contributed by atoms with Crippen molar-refractivity contribution in [1.29, 1.82) is 0 Å². The summed E-state index contributed by atoms with van der Waals surface area (Å²) in [5.41, 5.74) is 0. The van der Waals surface area contributed by atoms with Gasteiger partial charge in [0.1, 0.15) is 0 Å². The molecule has 0 aliphatic heterocycles. The molecule has 0 unspecified atom stereocenters. The van der Waals surface area contributed by atoms with Crippen LogP contribution in [0.2, 0.25) is 0 Å². The van der Waals surface area contributed by atoms with Gasteiger partial charge in [-0.2, -0.15) is 0 Å². The average molecular weight is 230 g/mol. The van der Waals surface area contributed by atoms with Crippen LogP contribution >= 0.6 is 0 Å². The first-order valence-electron chi connectivity index (χ1n) is 7.18. The Balaban J connectivity index is 2.83. The van der Waals surface area contributed by atoms with E-state index in [0.717, 1.165) is 6.42 Å². The van der Waals surface area contributed by atoms with Crippen molar-refractivity contribution in [3.8, 4) is 0 Å². The van der Waals surface area contributed by atoms with E-state index in [0.29, 0.717) is 6.61 Å². The molecule has 0 spiro atoms. The molecule has 2 heteroatoms. The van der Waals surface area contributed by atoms with Crippen LogP contribution in [-0.4, -0.2) is 11.9 Å². The van der Waals surface area contributed by atoms with Crippen LogP contribution < -0.4 is 0 Å². The summed E-state index contributed by atoms with van der Waals surface area (Å²) in [6.07, 6.45) is 16.1. The molecule has 0 amide bonds. The lowest BCUT2D eigenvalue weighted by Gasteiger charge is -2.02. The van der Waals surface area contributed by atoms with E-state index in [9.17, 15) is 0 Å². The van der Waals surface area contributed by atoms with Crippen molar-refractivity contribution in [3.05, 3.63) is 0 Å². The third-order valence-electron chi connectivity index (χ3n) is 3.09. The first-order chi connectivity index (χ1) is 7.91. The van der Waals surface area contributed by atoms with Gasteiger partial charge in [-0.3, -0.25) is 5.26 Å². The van der Waals surface area contributed by atoms with Crippen LogP contribution in [0.5, 0.6) is 0 Å². The molecule has 0 aromatic heterocycles. The van der Waals surface area contributed by atoms with E-state index in [-0.39, 0.29) is 0 Å². The van der Waals surface area contributed by atoms with E-state index in [4.69, 9.17) is 5.26 Å². The van der Waals surface area contributed by atoms with E-state index in [1.807, 2.05) is 0 Å². The van der Waals surface area contributed by atoms with Crippen LogP contribution in [0, 0.1) is 0 Å². The predicted octanol–water partition coefficient (Wildman–Crippen LogP) is 5.18. The molecule has 16 heavy (non-hydrogen) atoms. The Morgan fingerprint density at radius 1 is 0.625 bits per heavy atom. The second kappa shape index (κ2) is 14.9.